The summed E-state index contributed by atoms with van der Waals surface area (Å²) in [6, 6.07) is 9.56. The fourth-order valence-corrected chi connectivity index (χ4v) is 2.63. The Morgan fingerprint density at radius 3 is 2.74 bits per heavy atom. The number of methoxy groups -OCH3 is 1. The van der Waals surface area contributed by atoms with E-state index in [0.29, 0.717) is 11.3 Å². The molecule has 0 amide bonds. The van der Waals surface area contributed by atoms with E-state index in [4.69, 9.17) is 4.74 Å². The van der Waals surface area contributed by atoms with Crippen LogP contribution in [0.4, 0.5) is 20.4 Å². The summed E-state index contributed by atoms with van der Waals surface area (Å²) in [7, 11) is 1.41. The van der Waals surface area contributed by atoms with Gasteiger partial charge < -0.3 is 10.1 Å². The van der Waals surface area contributed by atoms with Crippen LogP contribution in [0, 0.1) is 0 Å². The van der Waals surface area contributed by atoms with Crippen molar-refractivity contribution in [1.29, 1.82) is 0 Å². The summed E-state index contributed by atoms with van der Waals surface area (Å²) in [6.07, 6.45) is 2.21. The smallest absolute Gasteiger partial charge is 0.257 e. The van der Waals surface area contributed by atoms with Crippen molar-refractivity contribution in [2.45, 2.75) is 13.0 Å². The molecule has 0 aliphatic rings. The number of halogens is 2. The van der Waals surface area contributed by atoms with Gasteiger partial charge in [0.2, 0.25) is 5.95 Å². The van der Waals surface area contributed by atoms with Gasteiger partial charge in [-0.3, -0.25) is 4.68 Å². The number of aromatic nitrogens is 6. The van der Waals surface area contributed by atoms with Crippen molar-refractivity contribution in [1.82, 2.24) is 29.5 Å². The molecule has 3 aromatic heterocycles. The Morgan fingerprint density at radius 2 is 2.00 bits per heavy atom. The summed E-state index contributed by atoms with van der Waals surface area (Å²) in [6.45, 7) is -0.529. The highest BCUT2D eigenvalue weighted by Gasteiger charge is 2.15. The third kappa shape index (κ3) is 3.41. The second-order valence-electron chi connectivity index (χ2n) is 5.65. The minimum Gasteiger partial charge on any atom is -0.478 e. The van der Waals surface area contributed by atoms with Crippen molar-refractivity contribution in [2.24, 2.45) is 0 Å². The van der Waals surface area contributed by atoms with Crippen molar-refractivity contribution >= 4 is 22.7 Å². The predicted molar refractivity (Wildman–Crippen MR) is 94.7 cm³/mol. The minimum absolute atomic E-state index is 0.177. The van der Waals surface area contributed by atoms with Crippen LogP contribution in [0.15, 0.2) is 48.9 Å². The lowest BCUT2D eigenvalue weighted by Gasteiger charge is -2.05. The molecule has 27 heavy (non-hydrogen) atoms. The molecule has 4 aromatic rings. The molecule has 138 valence electrons. The molecule has 4 rings (SSSR count). The number of rotatable bonds is 6. The van der Waals surface area contributed by atoms with E-state index in [1.54, 1.807) is 17.1 Å². The molecular formula is C17H15F2N7O. The number of para-hydroxylation sites is 1. The molecule has 0 aliphatic heterocycles. The van der Waals surface area contributed by atoms with Crippen LogP contribution in [-0.4, -0.2) is 43.1 Å². The number of nitrogens with zero attached hydrogens (tertiary/aromatic N) is 6. The number of fused-ring (bicyclic) bond motifs is 1. The molecule has 0 spiro atoms. The molecule has 1 aromatic carbocycles. The van der Waals surface area contributed by atoms with Crippen LogP contribution in [0.25, 0.3) is 16.7 Å². The Bertz CT molecular complexity index is 1060. The zero-order valence-corrected chi connectivity index (χ0v) is 14.3. The van der Waals surface area contributed by atoms with Gasteiger partial charge in [-0.15, -0.1) is 5.10 Å². The number of benzene rings is 1. The molecule has 10 heteroatoms. The highest BCUT2D eigenvalue weighted by Crippen LogP contribution is 2.26. The van der Waals surface area contributed by atoms with Gasteiger partial charge in [0.25, 0.3) is 12.3 Å². The summed E-state index contributed by atoms with van der Waals surface area (Å²) in [5.41, 5.74) is 1.86. The first-order chi connectivity index (χ1) is 13.1. The number of anilines is 2. The molecule has 0 radical (unpaired) electrons. The number of ether oxygens (including phenoxy) is 1. The SMILES string of the molecule is COc1nn(CC(F)F)cc1Nc1ncc2cnn(-c3ccccc3)c2n1. The van der Waals surface area contributed by atoms with Crippen LogP contribution in [0.3, 0.4) is 0 Å². The Labute approximate surface area is 152 Å². The largest absolute Gasteiger partial charge is 0.478 e. The third-order valence-electron chi connectivity index (χ3n) is 3.80. The van der Waals surface area contributed by atoms with Crippen LogP contribution >= 0.6 is 0 Å². The molecule has 8 nitrogen and oxygen atoms in total. The van der Waals surface area contributed by atoms with Gasteiger partial charge in [0.05, 0.1) is 30.6 Å². The first-order valence-electron chi connectivity index (χ1n) is 8.07. The summed E-state index contributed by atoms with van der Waals surface area (Å²) >= 11 is 0. The van der Waals surface area contributed by atoms with Crippen molar-refractivity contribution in [3.05, 3.63) is 48.9 Å². The highest BCUT2D eigenvalue weighted by atomic mass is 19.3. The Morgan fingerprint density at radius 1 is 1.19 bits per heavy atom. The molecule has 3 heterocycles. The topological polar surface area (TPSA) is 82.7 Å². The molecule has 0 saturated carbocycles. The minimum atomic E-state index is -2.52. The summed E-state index contributed by atoms with van der Waals surface area (Å²) in [5, 5.41) is 12.0. The Hall–Kier alpha value is -3.56. The molecular weight excluding hydrogens is 356 g/mol. The molecule has 0 fully saturated rings. The summed E-state index contributed by atoms with van der Waals surface area (Å²) in [4.78, 5) is 8.73. The standard InChI is InChI=1S/C17H15F2N7O/c1-27-16-13(9-25(24-16)10-14(18)19)22-17-20-7-11-8-21-26(15(11)23-17)12-5-3-2-4-6-12/h2-9,14H,10H2,1H3,(H,20,22,23). The lowest BCUT2D eigenvalue weighted by atomic mass is 10.3. The van der Waals surface area contributed by atoms with Gasteiger partial charge in [-0.2, -0.15) is 10.1 Å². The van der Waals surface area contributed by atoms with E-state index in [1.165, 1.54) is 13.3 Å². The fourth-order valence-electron chi connectivity index (χ4n) is 2.63. The molecule has 1 N–H and O–H groups in total. The van der Waals surface area contributed by atoms with Crippen molar-refractivity contribution < 1.29 is 13.5 Å². The molecule has 0 bridgehead atoms. The monoisotopic (exact) mass is 371 g/mol. The van der Waals surface area contributed by atoms with Gasteiger partial charge in [-0.1, -0.05) is 18.2 Å². The maximum Gasteiger partial charge on any atom is 0.257 e. The van der Waals surface area contributed by atoms with Crippen molar-refractivity contribution in [3.63, 3.8) is 0 Å². The highest BCUT2D eigenvalue weighted by molar-refractivity contribution is 5.77. The van der Waals surface area contributed by atoms with Gasteiger partial charge in [-0.05, 0) is 12.1 Å². The zero-order valence-electron chi connectivity index (χ0n) is 14.3. The van der Waals surface area contributed by atoms with Crippen molar-refractivity contribution in [2.75, 3.05) is 12.4 Å². The molecule has 0 unspecified atom stereocenters. The quantitative estimate of drug-likeness (QED) is 0.561. The van der Waals surface area contributed by atoms with Crippen LogP contribution in [0.1, 0.15) is 0 Å². The van der Waals surface area contributed by atoms with Crippen molar-refractivity contribution in [3.8, 4) is 11.6 Å². The number of hydrogen-bond donors (Lipinski definition) is 1. The maximum absolute atomic E-state index is 12.6. The maximum atomic E-state index is 12.6. The van der Waals surface area contributed by atoms with Gasteiger partial charge in [-0.25, -0.2) is 18.4 Å². The first-order valence-corrected chi connectivity index (χ1v) is 8.07. The molecule has 0 aliphatic carbocycles. The number of hydrogen-bond acceptors (Lipinski definition) is 6. The lowest BCUT2D eigenvalue weighted by molar-refractivity contribution is 0.121. The van der Waals surface area contributed by atoms with E-state index in [2.05, 4.69) is 25.5 Å². The van der Waals surface area contributed by atoms with Gasteiger partial charge >= 0.3 is 0 Å². The van der Waals surface area contributed by atoms with Crippen LogP contribution in [-0.2, 0) is 6.54 Å². The Balaban J connectivity index is 1.68. The normalized spacial score (nSPS) is 11.3. The van der Waals surface area contributed by atoms with E-state index < -0.39 is 13.0 Å². The Kier molecular flexibility index (Phi) is 4.37. The van der Waals surface area contributed by atoms with E-state index in [0.717, 1.165) is 15.8 Å². The average Bonchev–Trinajstić information content (AvgIpc) is 3.25. The predicted octanol–water partition coefficient (Wildman–Crippen LogP) is 3.03. The first kappa shape index (κ1) is 16.9. The van der Waals surface area contributed by atoms with Gasteiger partial charge in [0.1, 0.15) is 12.2 Å². The number of alkyl halides is 2. The van der Waals surface area contributed by atoms with E-state index >= 15 is 0 Å². The van der Waals surface area contributed by atoms with Crippen LogP contribution in [0.2, 0.25) is 0 Å². The van der Waals surface area contributed by atoms with E-state index in [9.17, 15) is 8.78 Å². The van der Waals surface area contributed by atoms with E-state index in [-0.39, 0.29) is 11.8 Å². The van der Waals surface area contributed by atoms with Gasteiger partial charge in [0.15, 0.2) is 5.65 Å². The second kappa shape index (κ2) is 6.98. The van der Waals surface area contributed by atoms with Crippen LogP contribution < -0.4 is 10.1 Å². The van der Waals surface area contributed by atoms with E-state index in [1.807, 2.05) is 30.3 Å². The molecule has 0 saturated heterocycles. The average molecular weight is 371 g/mol. The number of nitrogens with one attached hydrogen (secondary N) is 1. The van der Waals surface area contributed by atoms with Gasteiger partial charge in [0, 0.05) is 6.20 Å². The summed E-state index contributed by atoms with van der Waals surface area (Å²) in [5.74, 6) is 0.450. The molecule has 0 atom stereocenters. The summed E-state index contributed by atoms with van der Waals surface area (Å²) < 4.78 is 33.1. The van der Waals surface area contributed by atoms with Crippen LogP contribution in [0.5, 0.6) is 5.88 Å². The lowest BCUT2D eigenvalue weighted by Crippen LogP contribution is -2.06. The zero-order chi connectivity index (χ0) is 18.8. The third-order valence-corrected chi connectivity index (χ3v) is 3.80. The second-order valence-corrected chi connectivity index (χ2v) is 5.65. The fraction of sp³-hybridized carbons (Fsp3) is 0.176.